The van der Waals surface area contributed by atoms with Crippen LogP contribution in [0.4, 0.5) is 0 Å². The van der Waals surface area contributed by atoms with E-state index in [0.29, 0.717) is 3.79 Å². The van der Waals surface area contributed by atoms with Crippen LogP contribution in [0.1, 0.15) is 35.7 Å². The quantitative estimate of drug-likeness (QED) is 0.794. The molecule has 2 aromatic rings. The van der Waals surface area contributed by atoms with Crippen LogP contribution in [0.3, 0.4) is 0 Å². The molecule has 118 valence electrons. The second-order valence-electron chi connectivity index (χ2n) is 4.89. The Balaban J connectivity index is 2.26. The topological polar surface area (TPSA) is 63.2 Å². The minimum absolute atomic E-state index is 0.0580. The zero-order valence-corrected chi connectivity index (χ0v) is 15.7. The van der Waals surface area contributed by atoms with Gasteiger partial charge in [-0.25, -0.2) is 13.1 Å². The van der Waals surface area contributed by atoms with E-state index in [1.807, 2.05) is 18.6 Å². The molecule has 0 fully saturated rings. The van der Waals surface area contributed by atoms with Crippen molar-refractivity contribution in [1.82, 2.24) is 4.72 Å². The molecule has 22 heavy (non-hydrogen) atoms. The highest BCUT2D eigenvalue weighted by atomic mass is 79.9. The van der Waals surface area contributed by atoms with Gasteiger partial charge in [0.25, 0.3) is 15.9 Å². The highest BCUT2D eigenvalue weighted by molar-refractivity contribution is 9.11. The summed E-state index contributed by atoms with van der Waals surface area (Å²) in [6.07, 6.45) is 0. The van der Waals surface area contributed by atoms with Crippen LogP contribution in [0, 0.1) is 0 Å². The molecule has 0 aliphatic heterocycles. The predicted octanol–water partition coefficient (Wildman–Crippen LogP) is 4.41. The van der Waals surface area contributed by atoms with Crippen molar-refractivity contribution >= 4 is 54.8 Å². The Hall–Kier alpha value is -0.890. The van der Waals surface area contributed by atoms with E-state index < -0.39 is 15.9 Å². The fourth-order valence-corrected chi connectivity index (χ4v) is 4.99. The molecule has 1 N–H and O–H groups in total. The first kappa shape index (κ1) is 17.5. The third-order valence-corrected chi connectivity index (χ3v) is 6.70. The Kier molecular flexibility index (Phi) is 5.32. The van der Waals surface area contributed by atoms with Gasteiger partial charge in [-0.3, -0.25) is 4.79 Å². The SMILES string of the molecule is CC(C)c1ccc(C(=O)NS(=O)(=O)c2ccc(Br)s2)c(Cl)c1. The van der Waals surface area contributed by atoms with Gasteiger partial charge >= 0.3 is 0 Å². The molecular formula is C14H13BrClNO3S2. The number of rotatable bonds is 4. The molecule has 0 radical (unpaired) electrons. The molecule has 4 nitrogen and oxygen atoms in total. The monoisotopic (exact) mass is 421 g/mol. The number of amides is 1. The summed E-state index contributed by atoms with van der Waals surface area (Å²) in [6.45, 7) is 4.01. The predicted molar refractivity (Wildman–Crippen MR) is 92.2 cm³/mol. The van der Waals surface area contributed by atoms with Gasteiger partial charge in [-0.05, 0) is 51.7 Å². The molecule has 0 aliphatic carbocycles. The lowest BCUT2D eigenvalue weighted by Crippen LogP contribution is -2.30. The number of halogens is 2. The van der Waals surface area contributed by atoms with E-state index in [1.165, 1.54) is 12.1 Å². The first-order chi connectivity index (χ1) is 10.2. The molecule has 0 bridgehead atoms. The van der Waals surface area contributed by atoms with E-state index in [2.05, 4.69) is 15.9 Å². The van der Waals surface area contributed by atoms with Gasteiger partial charge in [0.15, 0.2) is 0 Å². The smallest absolute Gasteiger partial charge is 0.268 e. The zero-order valence-electron chi connectivity index (χ0n) is 11.8. The lowest BCUT2D eigenvalue weighted by molar-refractivity contribution is 0.0981. The van der Waals surface area contributed by atoms with Crippen molar-refractivity contribution in [1.29, 1.82) is 0 Å². The number of thiophene rings is 1. The van der Waals surface area contributed by atoms with Crippen molar-refractivity contribution in [2.45, 2.75) is 24.0 Å². The number of hydrogen-bond acceptors (Lipinski definition) is 4. The Labute approximate surface area is 146 Å². The maximum Gasteiger partial charge on any atom is 0.273 e. The van der Waals surface area contributed by atoms with E-state index in [-0.39, 0.29) is 20.7 Å². The zero-order chi connectivity index (χ0) is 16.5. The van der Waals surface area contributed by atoms with E-state index in [4.69, 9.17) is 11.6 Å². The van der Waals surface area contributed by atoms with Crippen LogP contribution >= 0.6 is 38.9 Å². The molecule has 1 aromatic heterocycles. The fourth-order valence-electron chi connectivity index (χ4n) is 1.74. The number of benzene rings is 1. The number of nitrogens with one attached hydrogen (secondary N) is 1. The number of hydrogen-bond donors (Lipinski definition) is 1. The summed E-state index contributed by atoms with van der Waals surface area (Å²) in [4.78, 5) is 12.2. The van der Waals surface area contributed by atoms with E-state index in [1.54, 1.807) is 18.2 Å². The van der Waals surface area contributed by atoms with Gasteiger partial charge in [0.2, 0.25) is 0 Å². The molecule has 0 spiro atoms. The van der Waals surface area contributed by atoms with Crippen molar-refractivity contribution in [3.8, 4) is 0 Å². The third-order valence-electron chi connectivity index (χ3n) is 2.94. The maximum absolute atomic E-state index is 12.2. The highest BCUT2D eigenvalue weighted by Crippen LogP contribution is 2.27. The van der Waals surface area contributed by atoms with Crippen LogP contribution in [0.2, 0.25) is 5.02 Å². The van der Waals surface area contributed by atoms with E-state index in [0.717, 1.165) is 16.9 Å². The molecule has 0 aliphatic rings. The van der Waals surface area contributed by atoms with E-state index in [9.17, 15) is 13.2 Å². The molecule has 0 unspecified atom stereocenters. The average Bonchev–Trinajstić information content (AvgIpc) is 2.85. The average molecular weight is 423 g/mol. The molecule has 1 heterocycles. The normalized spacial score (nSPS) is 11.7. The Morgan fingerprint density at radius 2 is 1.95 bits per heavy atom. The van der Waals surface area contributed by atoms with Crippen LogP contribution in [0.5, 0.6) is 0 Å². The molecule has 0 atom stereocenters. The summed E-state index contributed by atoms with van der Waals surface area (Å²) in [5.74, 6) is -0.480. The Morgan fingerprint density at radius 3 is 2.45 bits per heavy atom. The summed E-state index contributed by atoms with van der Waals surface area (Å²) in [5, 5.41) is 0.228. The maximum atomic E-state index is 12.2. The van der Waals surface area contributed by atoms with Gasteiger partial charge in [-0.2, -0.15) is 0 Å². The first-order valence-corrected chi connectivity index (χ1v) is 9.79. The van der Waals surface area contributed by atoms with E-state index >= 15 is 0 Å². The Bertz CT molecular complexity index is 815. The van der Waals surface area contributed by atoms with Gasteiger partial charge in [0.05, 0.1) is 14.4 Å². The lowest BCUT2D eigenvalue weighted by Gasteiger charge is -2.10. The summed E-state index contributed by atoms with van der Waals surface area (Å²) in [6, 6.07) is 8.00. The van der Waals surface area contributed by atoms with Crippen LogP contribution in [0.15, 0.2) is 38.3 Å². The number of carbonyl (C=O) groups excluding carboxylic acids is 1. The standard InChI is InChI=1S/C14H13BrClNO3S2/c1-8(2)9-3-4-10(11(16)7-9)14(18)17-22(19,20)13-6-5-12(15)21-13/h3-8H,1-2H3,(H,17,18). The molecule has 0 saturated carbocycles. The second kappa shape index (κ2) is 6.70. The summed E-state index contributed by atoms with van der Waals surface area (Å²) < 4.78 is 27.0. The molecule has 2 rings (SSSR count). The van der Waals surface area contributed by atoms with Crippen molar-refractivity contribution < 1.29 is 13.2 Å². The lowest BCUT2D eigenvalue weighted by atomic mass is 10.0. The minimum atomic E-state index is -3.90. The Morgan fingerprint density at radius 1 is 1.27 bits per heavy atom. The number of carbonyl (C=O) groups is 1. The van der Waals surface area contributed by atoms with Crippen molar-refractivity contribution in [2.75, 3.05) is 0 Å². The third kappa shape index (κ3) is 3.90. The van der Waals surface area contributed by atoms with Crippen LogP contribution in [0.25, 0.3) is 0 Å². The van der Waals surface area contributed by atoms with Gasteiger partial charge in [-0.15, -0.1) is 11.3 Å². The molecular weight excluding hydrogens is 410 g/mol. The van der Waals surface area contributed by atoms with Gasteiger partial charge in [0, 0.05) is 0 Å². The minimum Gasteiger partial charge on any atom is -0.268 e. The van der Waals surface area contributed by atoms with Crippen LogP contribution in [-0.4, -0.2) is 14.3 Å². The van der Waals surface area contributed by atoms with Crippen molar-refractivity contribution in [3.05, 3.63) is 50.3 Å². The van der Waals surface area contributed by atoms with Crippen LogP contribution in [-0.2, 0) is 10.0 Å². The van der Waals surface area contributed by atoms with Crippen molar-refractivity contribution in [3.63, 3.8) is 0 Å². The summed E-state index contributed by atoms with van der Waals surface area (Å²) in [5.41, 5.74) is 1.11. The van der Waals surface area contributed by atoms with Crippen LogP contribution < -0.4 is 4.72 Å². The molecule has 1 aromatic carbocycles. The van der Waals surface area contributed by atoms with Gasteiger partial charge in [0.1, 0.15) is 4.21 Å². The van der Waals surface area contributed by atoms with Gasteiger partial charge < -0.3 is 0 Å². The molecule has 0 saturated heterocycles. The fraction of sp³-hybridized carbons (Fsp3) is 0.214. The summed E-state index contributed by atoms with van der Waals surface area (Å²) >= 11 is 10.3. The second-order valence-corrected chi connectivity index (χ2v) is 9.67. The summed E-state index contributed by atoms with van der Waals surface area (Å²) in [7, 11) is -3.90. The van der Waals surface area contributed by atoms with Crippen molar-refractivity contribution in [2.24, 2.45) is 0 Å². The van der Waals surface area contributed by atoms with Gasteiger partial charge in [-0.1, -0.05) is 31.5 Å². The first-order valence-electron chi connectivity index (χ1n) is 6.32. The molecule has 8 heteroatoms. The number of sulfonamides is 1. The highest BCUT2D eigenvalue weighted by Gasteiger charge is 2.22. The largest absolute Gasteiger partial charge is 0.273 e. The molecule has 1 amide bonds.